The normalized spacial score (nSPS) is 9.92. The van der Waals surface area contributed by atoms with Crippen molar-refractivity contribution in [3.8, 4) is 5.75 Å². The van der Waals surface area contributed by atoms with Gasteiger partial charge in [0, 0.05) is 17.2 Å². The van der Waals surface area contributed by atoms with E-state index in [9.17, 15) is 4.79 Å². The summed E-state index contributed by atoms with van der Waals surface area (Å²) in [7, 11) is 1.23. The molecule has 0 amide bonds. The maximum absolute atomic E-state index is 10.6. The summed E-state index contributed by atoms with van der Waals surface area (Å²) in [6.45, 7) is 1.41. The molecule has 0 unspecified atom stereocenters. The zero-order valence-electron chi connectivity index (χ0n) is 8.04. The Morgan fingerprint density at radius 2 is 2.00 bits per heavy atom. The van der Waals surface area contributed by atoms with Crippen LogP contribution in [0.3, 0.4) is 0 Å². The lowest BCUT2D eigenvalue weighted by Crippen LogP contribution is -2.01. The molecule has 13 heavy (non-hydrogen) atoms. The van der Waals surface area contributed by atoms with Crippen LogP contribution in [0.1, 0.15) is 12.5 Å². The molecule has 0 aliphatic heterocycles. The first-order valence-corrected chi connectivity index (χ1v) is 5.91. The van der Waals surface area contributed by atoms with E-state index in [-0.39, 0.29) is 5.97 Å². The van der Waals surface area contributed by atoms with E-state index < -0.39 is 0 Å². The fourth-order valence-electron chi connectivity index (χ4n) is 1.18. The van der Waals surface area contributed by atoms with Crippen LogP contribution >= 0.6 is 0 Å². The first-order valence-electron chi connectivity index (χ1n) is 4.49. The van der Waals surface area contributed by atoms with Gasteiger partial charge in [-0.05, 0) is 24.1 Å². The van der Waals surface area contributed by atoms with Gasteiger partial charge in [0.1, 0.15) is 5.75 Å². The minimum absolute atomic E-state index is 0.268. The van der Waals surface area contributed by atoms with E-state index in [0.29, 0.717) is 5.75 Å². The summed E-state index contributed by atoms with van der Waals surface area (Å²) in [5.74, 6) is 0.361. The van der Waals surface area contributed by atoms with Gasteiger partial charge >= 0.3 is 5.97 Å². The largest absolute Gasteiger partial charge is 0.427 e. The number of hydrogen-bond acceptors (Lipinski definition) is 2. The highest BCUT2D eigenvalue weighted by Crippen LogP contribution is 2.13. The molecule has 0 saturated carbocycles. The van der Waals surface area contributed by atoms with Gasteiger partial charge in [0.2, 0.25) is 0 Å². The average Bonchev–Trinajstić information content (AvgIpc) is 2.08. The van der Waals surface area contributed by atoms with Crippen LogP contribution in [0.5, 0.6) is 5.75 Å². The van der Waals surface area contributed by atoms with E-state index in [4.69, 9.17) is 4.74 Å². The van der Waals surface area contributed by atoms with Crippen LogP contribution in [0.15, 0.2) is 24.3 Å². The lowest BCUT2D eigenvalue weighted by Gasteiger charge is -2.02. The van der Waals surface area contributed by atoms with Crippen molar-refractivity contribution < 1.29 is 9.53 Å². The highest BCUT2D eigenvalue weighted by Gasteiger charge is 1.97. The number of hydrogen-bond donors (Lipinski definition) is 0. The monoisotopic (exact) mass is 194 g/mol. The third-order valence-corrected chi connectivity index (χ3v) is 2.22. The van der Waals surface area contributed by atoms with Crippen molar-refractivity contribution in [1.82, 2.24) is 0 Å². The van der Waals surface area contributed by atoms with E-state index in [0.717, 1.165) is 6.42 Å². The third kappa shape index (κ3) is 3.42. The van der Waals surface area contributed by atoms with Crippen molar-refractivity contribution in [1.29, 1.82) is 0 Å². The lowest BCUT2D eigenvalue weighted by molar-refractivity contribution is -0.131. The lowest BCUT2D eigenvalue weighted by atomic mass is 10.2. The number of aryl methyl sites for hydroxylation is 1. The van der Waals surface area contributed by atoms with Gasteiger partial charge in [0.25, 0.3) is 0 Å². The van der Waals surface area contributed by atoms with Gasteiger partial charge < -0.3 is 4.74 Å². The Balaban J connectivity index is 2.64. The van der Waals surface area contributed by atoms with E-state index in [1.54, 1.807) is 0 Å². The molecule has 1 aromatic carbocycles. The fraction of sp³-hybridized carbons (Fsp3) is 0.300. The minimum atomic E-state index is -0.268. The third-order valence-electron chi connectivity index (χ3n) is 1.72. The molecule has 0 atom stereocenters. The van der Waals surface area contributed by atoms with Crippen LogP contribution in [0.4, 0.5) is 0 Å². The molecule has 0 bridgehead atoms. The van der Waals surface area contributed by atoms with E-state index >= 15 is 0 Å². The first kappa shape index (κ1) is 9.99. The van der Waals surface area contributed by atoms with Gasteiger partial charge in [-0.15, -0.1) is 0 Å². The van der Waals surface area contributed by atoms with Crippen molar-refractivity contribution in [2.45, 2.75) is 19.4 Å². The topological polar surface area (TPSA) is 26.3 Å². The Morgan fingerprint density at radius 3 is 2.46 bits per heavy atom. The smallest absolute Gasteiger partial charge is 0.308 e. The molecule has 0 spiro atoms. The van der Waals surface area contributed by atoms with E-state index in [2.05, 4.69) is 0 Å². The number of ether oxygens (including phenoxy) is 1. The summed E-state index contributed by atoms with van der Waals surface area (Å²) in [5.41, 5.74) is 1.31. The number of carbonyl (C=O) groups is 1. The van der Waals surface area contributed by atoms with Crippen LogP contribution in [0.25, 0.3) is 0 Å². The van der Waals surface area contributed by atoms with Gasteiger partial charge in [-0.3, -0.25) is 4.79 Å². The molecule has 0 radical (unpaired) electrons. The van der Waals surface area contributed by atoms with Crippen molar-refractivity contribution >= 4 is 16.2 Å². The van der Waals surface area contributed by atoms with Gasteiger partial charge in [-0.25, -0.2) is 0 Å². The number of carbonyl (C=O) groups excluding carboxylic acids is 1. The highest BCUT2D eigenvalue weighted by molar-refractivity contribution is 6.08. The zero-order chi connectivity index (χ0) is 9.68. The molecule has 0 aromatic heterocycles. The quantitative estimate of drug-likeness (QED) is 0.406. The maximum Gasteiger partial charge on any atom is 0.308 e. The summed E-state index contributed by atoms with van der Waals surface area (Å²) in [5, 5.41) is 0. The Morgan fingerprint density at radius 1 is 1.38 bits per heavy atom. The summed E-state index contributed by atoms with van der Waals surface area (Å²) in [4.78, 5) is 10.6. The van der Waals surface area contributed by atoms with Crippen molar-refractivity contribution in [2.75, 3.05) is 0 Å². The number of rotatable bonds is 3. The molecule has 2 nitrogen and oxygen atoms in total. The van der Waals surface area contributed by atoms with Gasteiger partial charge in [-0.2, -0.15) is 0 Å². The zero-order valence-corrected chi connectivity index (χ0v) is 10.0. The van der Waals surface area contributed by atoms with Crippen LogP contribution in [0, 0.1) is 0 Å². The summed E-state index contributed by atoms with van der Waals surface area (Å²) >= 11 is 0. The molecule has 0 aliphatic rings. The van der Waals surface area contributed by atoms with Crippen molar-refractivity contribution in [3.05, 3.63) is 29.8 Å². The highest BCUT2D eigenvalue weighted by atomic mass is 28.1. The predicted molar refractivity (Wildman–Crippen MR) is 56.2 cm³/mol. The van der Waals surface area contributed by atoms with Crippen LogP contribution < -0.4 is 4.74 Å². The number of esters is 1. The predicted octanol–water partition coefficient (Wildman–Crippen LogP) is 0.938. The Labute approximate surface area is 81.3 Å². The van der Waals surface area contributed by atoms with E-state index in [1.165, 1.54) is 28.8 Å². The van der Waals surface area contributed by atoms with Gasteiger partial charge in [0.15, 0.2) is 0 Å². The molecule has 1 rings (SSSR count). The summed E-state index contributed by atoms with van der Waals surface area (Å²) < 4.78 is 4.92. The number of benzene rings is 1. The van der Waals surface area contributed by atoms with Crippen molar-refractivity contribution in [3.63, 3.8) is 0 Å². The fourth-order valence-corrected chi connectivity index (χ4v) is 1.76. The van der Waals surface area contributed by atoms with Crippen LogP contribution in [-0.4, -0.2) is 16.2 Å². The molecular weight excluding hydrogens is 180 g/mol. The average molecular weight is 194 g/mol. The van der Waals surface area contributed by atoms with E-state index in [1.807, 2.05) is 24.3 Å². The van der Waals surface area contributed by atoms with Crippen molar-refractivity contribution in [2.24, 2.45) is 0 Å². The Kier molecular flexibility index (Phi) is 3.70. The Bertz CT molecular complexity index is 279. The molecule has 0 N–H and O–H groups in total. The standard InChI is InChI=1S/C10H14O2Si/c1-8(11)12-10-4-2-9(3-5-10)6-7-13/h2-5H,6-7H2,1,13H3. The second-order valence-electron chi connectivity index (χ2n) is 2.99. The van der Waals surface area contributed by atoms with Gasteiger partial charge in [0.05, 0.1) is 0 Å². The molecule has 0 fully saturated rings. The molecular formula is C10H14O2Si. The molecule has 70 valence electrons. The van der Waals surface area contributed by atoms with Crippen LogP contribution in [0.2, 0.25) is 6.04 Å². The molecule has 3 heteroatoms. The van der Waals surface area contributed by atoms with Gasteiger partial charge in [-0.1, -0.05) is 18.2 Å². The SMILES string of the molecule is CC(=O)Oc1ccc(CC[SiH3])cc1. The second-order valence-corrected chi connectivity index (χ2v) is 3.99. The molecule has 0 saturated heterocycles. The molecule has 0 heterocycles. The minimum Gasteiger partial charge on any atom is -0.427 e. The molecule has 0 aliphatic carbocycles. The maximum atomic E-state index is 10.6. The van der Waals surface area contributed by atoms with Crippen LogP contribution in [-0.2, 0) is 11.2 Å². The summed E-state index contributed by atoms with van der Waals surface area (Å²) in [6, 6.07) is 8.97. The summed E-state index contributed by atoms with van der Waals surface area (Å²) in [6.07, 6.45) is 1.13. The molecule has 1 aromatic rings. The second kappa shape index (κ2) is 4.82. The first-order chi connectivity index (χ1) is 6.22. The Hall–Kier alpha value is -1.09.